The normalized spacial score (nSPS) is 17.7. The van der Waals surface area contributed by atoms with Crippen molar-refractivity contribution in [2.75, 3.05) is 27.2 Å². The molecule has 1 saturated heterocycles. The Morgan fingerprint density at radius 1 is 1.36 bits per heavy atom. The summed E-state index contributed by atoms with van der Waals surface area (Å²) in [6, 6.07) is 4.70. The number of nitrogens with zero attached hydrogens (tertiary/aromatic N) is 3. The van der Waals surface area contributed by atoms with Crippen LogP contribution in [-0.4, -0.2) is 59.2 Å². The van der Waals surface area contributed by atoms with Gasteiger partial charge < -0.3 is 14.9 Å². The lowest BCUT2D eigenvalue weighted by molar-refractivity contribution is 0.0962. The number of aromatic nitrogens is 1. The Morgan fingerprint density at radius 2 is 2.00 bits per heavy atom. The zero-order chi connectivity index (χ0) is 15.9. The standard InChI is InChI=1S/C17H27N3O2/c1-19(2)16(5-3-4-14-6-10-18-11-7-14)15-8-12-20(13-9-15)17(21)22/h6-7,10-11,15-16H,3-5,8-9,12-13H2,1-2H3,(H,21,22). The molecule has 1 aromatic rings. The number of hydrogen-bond donors (Lipinski definition) is 1. The highest BCUT2D eigenvalue weighted by atomic mass is 16.4. The smallest absolute Gasteiger partial charge is 0.407 e. The van der Waals surface area contributed by atoms with Gasteiger partial charge in [-0.1, -0.05) is 0 Å². The first-order valence-corrected chi connectivity index (χ1v) is 8.11. The second-order valence-electron chi connectivity index (χ2n) is 6.39. The fourth-order valence-electron chi connectivity index (χ4n) is 3.46. The van der Waals surface area contributed by atoms with Gasteiger partial charge in [0.25, 0.3) is 0 Å². The Morgan fingerprint density at radius 3 is 2.55 bits per heavy atom. The van der Waals surface area contributed by atoms with Crippen LogP contribution >= 0.6 is 0 Å². The van der Waals surface area contributed by atoms with Crippen molar-refractivity contribution < 1.29 is 9.90 Å². The number of hydrogen-bond acceptors (Lipinski definition) is 3. The highest BCUT2D eigenvalue weighted by Crippen LogP contribution is 2.26. The van der Waals surface area contributed by atoms with Crippen molar-refractivity contribution in [3.05, 3.63) is 30.1 Å². The Balaban J connectivity index is 1.81. The second-order valence-corrected chi connectivity index (χ2v) is 6.39. The molecule has 0 radical (unpaired) electrons. The van der Waals surface area contributed by atoms with Gasteiger partial charge in [-0.2, -0.15) is 0 Å². The summed E-state index contributed by atoms with van der Waals surface area (Å²) in [5, 5.41) is 9.05. The maximum Gasteiger partial charge on any atom is 0.407 e. The maximum absolute atomic E-state index is 11.0. The molecule has 1 amide bonds. The fourth-order valence-corrected chi connectivity index (χ4v) is 3.46. The SMILES string of the molecule is CN(C)C(CCCc1ccncc1)C1CCN(C(=O)O)CC1. The molecule has 1 fully saturated rings. The molecular weight excluding hydrogens is 278 g/mol. The van der Waals surface area contributed by atoms with Gasteiger partial charge >= 0.3 is 6.09 Å². The van der Waals surface area contributed by atoms with Crippen LogP contribution in [0.15, 0.2) is 24.5 Å². The van der Waals surface area contributed by atoms with Crippen LogP contribution in [0.25, 0.3) is 0 Å². The van der Waals surface area contributed by atoms with Gasteiger partial charge in [-0.3, -0.25) is 4.98 Å². The lowest BCUT2D eigenvalue weighted by Gasteiger charge is -2.38. The number of carbonyl (C=O) groups is 1. The van der Waals surface area contributed by atoms with Crippen molar-refractivity contribution >= 4 is 6.09 Å². The van der Waals surface area contributed by atoms with Gasteiger partial charge in [0.05, 0.1) is 0 Å². The fraction of sp³-hybridized carbons (Fsp3) is 0.647. The Bertz CT molecular complexity index is 456. The third-order valence-electron chi connectivity index (χ3n) is 4.73. The molecule has 122 valence electrons. The van der Waals surface area contributed by atoms with E-state index in [1.807, 2.05) is 12.4 Å². The summed E-state index contributed by atoms with van der Waals surface area (Å²) >= 11 is 0. The Labute approximate surface area is 132 Å². The van der Waals surface area contributed by atoms with Crippen molar-refractivity contribution in [3.8, 4) is 0 Å². The van der Waals surface area contributed by atoms with Crippen LogP contribution in [0, 0.1) is 5.92 Å². The Hall–Kier alpha value is -1.62. The lowest BCUT2D eigenvalue weighted by Crippen LogP contribution is -2.44. The minimum atomic E-state index is -0.780. The third kappa shape index (κ3) is 4.70. The van der Waals surface area contributed by atoms with Gasteiger partial charge in [0.1, 0.15) is 0 Å². The summed E-state index contributed by atoms with van der Waals surface area (Å²) in [6.45, 7) is 1.35. The highest BCUT2D eigenvalue weighted by molar-refractivity contribution is 5.64. The maximum atomic E-state index is 11.0. The largest absolute Gasteiger partial charge is 0.465 e. The first-order valence-electron chi connectivity index (χ1n) is 8.11. The van der Waals surface area contributed by atoms with Gasteiger partial charge in [-0.25, -0.2) is 4.79 Å². The zero-order valence-corrected chi connectivity index (χ0v) is 13.6. The summed E-state index contributed by atoms with van der Waals surface area (Å²) in [7, 11) is 4.28. The third-order valence-corrected chi connectivity index (χ3v) is 4.73. The molecule has 0 saturated carbocycles. The van der Waals surface area contributed by atoms with Crippen LogP contribution < -0.4 is 0 Å². The van der Waals surface area contributed by atoms with E-state index < -0.39 is 6.09 Å². The van der Waals surface area contributed by atoms with Gasteiger partial charge in [-0.05, 0) is 69.8 Å². The molecule has 22 heavy (non-hydrogen) atoms. The van der Waals surface area contributed by atoms with E-state index in [1.165, 1.54) is 5.56 Å². The predicted octanol–water partition coefficient (Wildman–Crippen LogP) is 2.72. The molecule has 0 bridgehead atoms. The summed E-state index contributed by atoms with van der Waals surface area (Å²) in [4.78, 5) is 18.9. The predicted molar refractivity (Wildman–Crippen MR) is 87.0 cm³/mol. The van der Waals surface area contributed by atoms with E-state index in [9.17, 15) is 4.79 Å². The first kappa shape index (κ1) is 16.7. The van der Waals surface area contributed by atoms with Crippen LogP contribution in [0.5, 0.6) is 0 Å². The molecular formula is C17H27N3O2. The lowest BCUT2D eigenvalue weighted by atomic mass is 9.85. The number of amides is 1. The monoisotopic (exact) mass is 305 g/mol. The summed E-state index contributed by atoms with van der Waals surface area (Å²) < 4.78 is 0. The molecule has 5 nitrogen and oxygen atoms in total. The summed E-state index contributed by atoms with van der Waals surface area (Å²) in [5.41, 5.74) is 1.34. The number of aryl methyl sites for hydroxylation is 1. The van der Waals surface area contributed by atoms with Crippen LogP contribution in [0.4, 0.5) is 4.79 Å². The molecule has 1 aliphatic heterocycles. The molecule has 1 atom stereocenters. The minimum absolute atomic E-state index is 0.540. The van der Waals surface area contributed by atoms with E-state index in [0.717, 1.165) is 32.1 Å². The highest BCUT2D eigenvalue weighted by Gasteiger charge is 2.29. The number of pyridine rings is 1. The van der Waals surface area contributed by atoms with Crippen molar-refractivity contribution in [1.29, 1.82) is 0 Å². The van der Waals surface area contributed by atoms with Crippen LogP contribution in [-0.2, 0) is 6.42 Å². The minimum Gasteiger partial charge on any atom is -0.465 e. The number of carboxylic acid groups (broad SMARTS) is 1. The van der Waals surface area contributed by atoms with Crippen LogP contribution in [0.2, 0.25) is 0 Å². The van der Waals surface area contributed by atoms with Gasteiger partial charge in [0, 0.05) is 31.5 Å². The molecule has 1 aromatic heterocycles. The topological polar surface area (TPSA) is 56.7 Å². The number of likely N-dealkylation sites (tertiary alicyclic amines) is 1. The molecule has 5 heteroatoms. The molecule has 0 aromatic carbocycles. The molecule has 1 N–H and O–H groups in total. The molecule has 2 rings (SSSR count). The van der Waals surface area contributed by atoms with E-state index >= 15 is 0 Å². The Kier molecular flexibility index (Phi) is 6.19. The van der Waals surface area contributed by atoms with E-state index in [0.29, 0.717) is 25.0 Å². The molecule has 0 aliphatic carbocycles. The molecule has 1 aliphatic rings. The van der Waals surface area contributed by atoms with Crippen LogP contribution in [0.3, 0.4) is 0 Å². The summed E-state index contributed by atoms with van der Waals surface area (Å²) in [5.74, 6) is 0.600. The van der Waals surface area contributed by atoms with E-state index in [4.69, 9.17) is 5.11 Å². The van der Waals surface area contributed by atoms with Crippen molar-refractivity contribution in [2.24, 2.45) is 5.92 Å². The van der Waals surface area contributed by atoms with E-state index in [2.05, 4.69) is 36.1 Å². The number of rotatable bonds is 6. The average Bonchev–Trinajstić information content (AvgIpc) is 2.52. The van der Waals surface area contributed by atoms with Crippen LogP contribution in [0.1, 0.15) is 31.2 Å². The van der Waals surface area contributed by atoms with Crippen molar-refractivity contribution in [3.63, 3.8) is 0 Å². The summed E-state index contributed by atoms with van der Waals surface area (Å²) in [6.07, 6.45) is 8.27. The number of piperidine rings is 1. The molecule has 0 spiro atoms. The first-order chi connectivity index (χ1) is 10.6. The van der Waals surface area contributed by atoms with Gasteiger partial charge in [0.2, 0.25) is 0 Å². The molecule has 1 unspecified atom stereocenters. The van der Waals surface area contributed by atoms with E-state index in [-0.39, 0.29) is 0 Å². The van der Waals surface area contributed by atoms with Crippen molar-refractivity contribution in [1.82, 2.24) is 14.8 Å². The zero-order valence-electron chi connectivity index (χ0n) is 13.6. The van der Waals surface area contributed by atoms with Crippen molar-refractivity contribution in [2.45, 2.75) is 38.1 Å². The quantitative estimate of drug-likeness (QED) is 0.878. The van der Waals surface area contributed by atoms with E-state index in [1.54, 1.807) is 4.90 Å². The second kappa shape index (κ2) is 8.13. The van der Waals surface area contributed by atoms with Gasteiger partial charge in [0.15, 0.2) is 0 Å². The molecule has 2 heterocycles. The van der Waals surface area contributed by atoms with Gasteiger partial charge in [-0.15, -0.1) is 0 Å². The average molecular weight is 305 g/mol.